The van der Waals surface area contributed by atoms with Crippen LogP contribution in [0.3, 0.4) is 0 Å². The molecule has 18 heteroatoms. The maximum absolute atomic E-state index is 12.5. The summed E-state index contributed by atoms with van der Waals surface area (Å²) >= 11 is 0. The lowest BCUT2D eigenvalue weighted by molar-refractivity contribution is -0.145. The van der Waals surface area contributed by atoms with Crippen molar-refractivity contribution < 1.29 is 58.7 Å². The summed E-state index contributed by atoms with van der Waals surface area (Å²) in [6, 6.07) is -1.09. The summed E-state index contributed by atoms with van der Waals surface area (Å²) in [5.41, 5.74) is 0. The molecule has 18 nitrogen and oxygen atoms in total. The van der Waals surface area contributed by atoms with Gasteiger partial charge in [0.05, 0.1) is 46.1 Å². The smallest absolute Gasteiger partial charge is 0.320 e. The van der Waals surface area contributed by atoms with Crippen LogP contribution < -0.4 is 10.6 Å². The lowest BCUT2D eigenvalue weighted by Gasteiger charge is -2.35. The summed E-state index contributed by atoms with van der Waals surface area (Å²) in [5.74, 6) is -4.51. The van der Waals surface area contributed by atoms with Crippen LogP contribution in [0.1, 0.15) is 33.1 Å². The van der Waals surface area contributed by atoms with E-state index in [2.05, 4.69) is 10.6 Å². The first kappa shape index (κ1) is 42.6. The van der Waals surface area contributed by atoms with Crippen LogP contribution in [0.25, 0.3) is 0 Å². The van der Waals surface area contributed by atoms with Gasteiger partial charge < -0.3 is 40.5 Å². The number of hydrogen-bond acceptors (Lipinski definition) is 12. The number of amides is 2. The van der Waals surface area contributed by atoms with Crippen LogP contribution in [0.15, 0.2) is 0 Å². The predicted octanol–water partition coefficient (Wildman–Crippen LogP) is -1.99. The molecule has 0 radical (unpaired) electrons. The van der Waals surface area contributed by atoms with Gasteiger partial charge in [0.15, 0.2) is 0 Å². The van der Waals surface area contributed by atoms with E-state index in [-0.39, 0.29) is 116 Å². The third-order valence-corrected chi connectivity index (χ3v) is 7.42. The fraction of sp³-hybridized carbons (Fsp3) is 0.800. The number of carboxylic acid groups (broad SMARTS) is 4. The lowest BCUT2D eigenvalue weighted by Crippen LogP contribution is -2.52. The maximum Gasteiger partial charge on any atom is 0.320 e. The average Bonchev–Trinajstić information content (AvgIpc) is 2.97. The minimum Gasteiger partial charge on any atom is -0.480 e. The van der Waals surface area contributed by atoms with Gasteiger partial charge >= 0.3 is 23.9 Å². The summed E-state index contributed by atoms with van der Waals surface area (Å²) in [5, 5.41) is 43.6. The Labute approximate surface area is 281 Å². The monoisotopic (exact) mass is 690 g/mol. The SMILES string of the molecule is CC(C)CC(=O)NCCOCCOCCNC(=O)CC[C@H](C(=O)O)N1CCN(CC(=O)O)CCN(CC(=O)O)CCN(CC(=O)O)CC1. The number of hydrogen-bond donors (Lipinski definition) is 6. The highest BCUT2D eigenvalue weighted by Gasteiger charge is 2.28. The highest BCUT2D eigenvalue weighted by atomic mass is 16.5. The van der Waals surface area contributed by atoms with Gasteiger partial charge in [-0.1, -0.05) is 13.8 Å². The Morgan fingerprint density at radius 1 is 0.604 bits per heavy atom. The summed E-state index contributed by atoms with van der Waals surface area (Å²) in [6.07, 6.45) is 0.331. The van der Waals surface area contributed by atoms with Crippen LogP contribution in [0, 0.1) is 5.92 Å². The van der Waals surface area contributed by atoms with Crippen molar-refractivity contribution in [1.29, 1.82) is 0 Å². The standard InChI is InChI=1S/C30H54N6O12/c1-23(2)19-26(38)32-6-16-48-18-17-47-15-5-31-25(37)4-3-24(30(45)46)36-13-11-34(21-28(41)42)9-7-33(20-27(39)40)8-10-35(12-14-36)22-29(43)44/h23-24H,3-22H2,1-2H3,(H,31,37)(H,32,38)(H,39,40)(H,41,42)(H,43,44)(H,45,46)/t24-/m1/s1. The van der Waals surface area contributed by atoms with Gasteiger partial charge in [-0.2, -0.15) is 0 Å². The van der Waals surface area contributed by atoms with Crippen LogP contribution >= 0.6 is 0 Å². The zero-order valence-corrected chi connectivity index (χ0v) is 28.1. The Hall–Kier alpha value is -3.42. The summed E-state index contributed by atoms with van der Waals surface area (Å²) in [7, 11) is 0. The molecule has 0 bridgehead atoms. The molecule has 1 atom stereocenters. The molecule has 0 aromatic carbocycles. The molecule has 2 amide bonds. The summed E-state index contributed by atoms with van der Waals surface area (Å²) < 4.78 is 10.8. The van der Waals surface area contributed by atoms with E-state index < -0.39 is 29.9 Å². The van der Waals surface area contributed by atoms with Crippen molar-refractivity contribution in [3.05, 3.63) is 0 Å². The highest BCUT2D eigenvalue weighted by Crippen LogP contribution is 2.11. The van der Waals surface area contributed by atoms with Crippen molar-refractivity contribution in [3.8, 4) is 0 Å². The molecule has 0 spiro atoms. The molecular weight excluding hydrogens is 636 g/mol. The summed E-state index contributed by atoms with van der Waals surface area (Å²) in [4.78, 5) is 77.3. The van der Waals surface area contributed by atoms with Crippen molar-refractivity contribution in [2.75, 3.05) is 112 Å². The zero-order valence-electron chi connectivity index (χ0n) is 28.1. The summed E-state index contributed by atoms with van der Waals surface area (Å²) in [6.45, 7) is 6.22. The molecule has 48 heavy (non-hydrogen) atoms. The van der Waals surface area contributed by atoms with Gasteiger partial charge in [0.25, 0.3) is 0 Å². The van der Waals surface area contributed by atoms with Gasteiger partial charge in [-0.3, -0.25) is 48.4 Å². The average molecular weight is 691 g/mol. The molecule has 6 N–H and O–H groups in total. The molecule has 0 aromatic heterocycles. The van der Waals surface area contributed by atoms with Gasteiger partial charge in [-0.15, -0.1) is 0 Å². The largest absolute Gasteiger partial charge is 0.480 e. The van der Waals surface area contributed by atoms with Gasteiger partial charge in [-0.05, 0) is 12.3 Å². The maximum atomic E-state index is 12.5. The number of carboxylic acids is 4. The number of nitrogens with zero attached hydrogens (tertiary/aromatic N) is 4. The van der Waals surface area contributed by atoms with E-state index in [1.54, 1.807) is 19.6 Å². The Morgan fingerprint density at radius 3 is 1.38 bits per heavy atom. The molecule has 0 unspecified atom stereocenters. The molecular formula is C30H54N6O12. The van der Waals surface area contributed by atoms with E-state index in [0.29, 0.717) is 32.8 Å². The Kier molecular flexibility index (Phi) is 21.9. The lowest BCUT2D eigenvalue weighted by atomic mass is 10.1. The molecule has 1 saturated heterocycles. The molecule has 0 aromatic rings. The number of rotatable bonds is 22. The number of aliphatic carboxylic acids is 4. The fourth-order valence-electron chi connectivity index (χ4n) is 5.02. The first-order chi connectivity index (χ1) is 22.8. The van der Waals surface area contributed by atoms with E-state index in [4.69, 9.17) is 9.47 Å². The molecule has 0 aliphatic carbocycles. The van der Waals surface area contributed by atoms with Crippen LogP contribution in [-0.2, 0) is 38.2 Å². The van der Waals surface area contributed by atoms with Crippen molar-refractivity contribution >= 4 is 35.7 Å². The second kappa shape index (κ2) is 24.7. The van der Waals surface area contributed by atoms with Gasteiger partial charge in [0.2, 0.25) is 11.8 Å². The van der Waals surface area contributed by atoms with E-state index >= 15 is 0 Å². The van der Waals surface area contributed by atoms with E-state index in [1.807, 2.05) is 13.8 Å². The zero-order chi connectivity index (χ0) is 35.9. The van der Waals surface area contributed by atoms with Crippen molar-refractivity contribution in [2.45, 2.75) is 39.2 Å². The van der Waals surface area contributed by atoms with Crippen molar-refractivity contribution in [3.63, 3.8) is 0 Å². The van der Waals surface area contributed by atoms with Crippen LogP contribution in [0.2, 0.25) is 0 Å². The molecule has 1 aliphatic heterocycles. The molecule has 276 valence electrons. The van der Waals surface area contributed by atoms with Crippen LogP contribution in [0.4, 0.5) is 0 Å². The second-order valence-corrected chi connectivity index (χ2v) is 12.0. The fourth-order valence-corrected chi connectivity index (χ4v) is 5.02. The number of ether oxygens (including phenoxy) is 2. The Bertz CT molecular complexity index is 985. The number of carbonyl (C=O) groups excluding carboxylic acids is 2. The topological polar surface area (TPSA) is 239 Å². The first-order valence-electron chi connectivity index (χ1n) is 16.2. The van der Waals surface area contributed by atoms with Crippen molar-refractivity contribution in [1.82, 2.24) is 30.2 Å². The van der Waals surface area contributed by atoms with Gasteiger partial charge in [-0.25, -0.2) is 0 Å². The van der Waals surface area contributed by atoms with Crippen molar-refractivity contribution in [2.24, 2.45) is 5.92 Å². The molecule has 1 aliphatic rings. The van der Waals surface area contributed by atoms with E-state index in [9.17, 15) is 49.2 Å². The first-order valence-corrected chi connectivity index (χ1v) is 16.2. The molecule has 1 heterocycles. The number of carbonyl (C=O) groups is 6. The molecule has 1 rings (SSSR count). The van der Waals surface area contributed by atoms with Gasteiger partial charge in [0, 0.05) is 78.3 Å². The Balaban J connectivity index is 2.65. The third kappa shape index (κ3) is 21.5. The normalized spacial score (nSPS) is 16.8. The predicted molar refractivity (Wildman–Crippen MR) is 172 cm³/mol. The van der Waals surface area contributed by atoms with Crippen LogP contribution in [-0.4, -0.2) is 193 Å². The molecule has 0 saturated carbocycles. The van der Waals surface area contributed by atoms with Gasteiger partial charge in [0.1, 0.15) is 6.04 Å². The highest BCUT2D eigenvalue weighted by molar-refractivity contribution is 5.78. The van der Waals surface area contributed by atoms with E-state index in [1.165, 1.54) is 0 Å². The Morgan fingerprint density at radius 2 is 1.00 bits per heavy atom. The number of nitrogens with one attached hydrogen (secondary N) is 2. The van der Waals surface area contributed by atoms with E-state index in [0.717, 1.165) is 0 Å². The minimum absolute atomic E-state index is 0.0222. The van der Waals surface area contributed by atoms with Crippen LogP contribution in [0.5, 0.6) is 0 Å². The minimum atomic E-state index is -1.17. The molecule has 1 fully saturated rings. The second-order valence-electron chi connectivity index (χ2n) is 12.0. The quantitative estimate of drug-likeness (QED) is 0.0674. The third-order valence-electron chi connectivity index (χ3n) is 7.42.